The molecule has 0 saturated carbocycles. The van der Waals surface area contributed by atoms with Crippen molar-refractivity contribution < 1.29 is 0 Å². The molecule has 0 aliphatic carbocycles. The number of aromatic nitrogens is 2. The number of hydrogen-bond acceptors (Lipinski definition) is 2. The van der Waals surface area contributed by atoms with Crippen LogP contribution in [0.3, 0.4) is 0 Å². The Labute approximate surface area is 89.5 Å². The highest BCUT2D eigenvalue weighted by atomic mass is 15.3. The van der Waals surface area contributed by atoms with E-state index in [0.29, 0.717) is 0 Å². The fourth-order valence-corrected chi connectivity index (χ4v) is 1.73. The fourth-order valence-electron chi connectivity index (χ4n) is 1.73. The minimum Gasteiger partial charge on any atom is -0.399 e. The number of benzene rings is 1. The molecule has 0 aliphatic heterocycles. The second kappa shape index (κ2) is 3.77. The van der Waals surface area contributed by atoms with Crippen LogP contribution < -0.4 is 5.73 Å². The number of rotatable bonds is 2. The van der Waals surface area contributed by atoms with Gasteiger partial charge in [-0.3, -0.25) is 4.68 Å². The van der Waals surface area contributed by atoms with Gasteiger partial charge in [-0.15, -0.1) is 0 Å². The lowest BCUT2D eigenvalue weighted by Crippen LogP contribution is -2.00. The van der Waals surface area contributed by atoms with Gasteiger partial charge in [0.25, 0.3) is 0 Å². The number of aryl methyl sites for hydroxylation is 2. The molecule has 0 spiro atoms. The Morgan fingerprint density at radius 2 is 2.13 bits per heavy atom. The molecule has 0 radical (unpaired) electrons. The minimum absolute atomic E-state index is 0.791. The van der Waals surface area contributed by atoms with Crippen LogP contribution in [0.25, 0.3) is 11.3 Å². The van der Waals surface area contributed by atoms with E-state index in [2.05, 4.69) is 18.9 Å². The van der Waals surface area contributed by atoms with E-state index in [1.807, 2.05) is 35.1 Å². The zero-order chi connectivity index (χ0) is 10.8. The molecular weight excluding hydrogens is 186 g/mol. The molecule has 78 valence electrons. The van der Waals surface area contributed by atoms with E-state index in [-0.39, 0.29) is 0 Å². The molecule has 3 heteroatoms. The Morgan fingerprint density at radius 1 is 1.33 bits per heavy atom. The van der Waals surface area contributed by atoms with Crippen molar-refractivity contribution in [3.05, 3.63) is 36.0 Å². The molecule has 2 rings (SSSR count). The highest BCUT2D eigenvalue weighted by molar-refractivity contribution is 5.68. The molecular formula is C12H15N3. The van der Waals surface area contributed by atoms with Crippen molar-refractivity contribution in [3.8, 4) is 11.3 Å². The van der Waals surface area contributed by atoms with E-state index in [4.69, 9.17) is 5.73 Å². The maximum absolute atomic E-state index is 5.80. The highest BCUT2D eigenvalue weighted by Crippen LogP contribution is 2.25. The topological polar surface area (TPSA) is 43.8 Å². The summed E-state index contributed by atoms with van der Waals surface area (Å²) in [6.45, 7) is 5.04. The van der Waals surface area contributed by atoms with Crippen molar-refractivity contribution in [2.45, 2.75) is 20.4 Å². The zero-order valence-corrected chi connectivity index (χ0v) is 9.07. The summed E-state index contributed by atoms with van der Waals surface area (Å²) in [5.74, 6) is 0. The Bertz CT molecular complexity index is 471. The van der Waals surface area contributed by atoms with Crippen LogP contribution in [0.15, 0.2) is 30.5 Å². The van der Waals surface area contributed by atoms with Crippen LogP contribution in [0.5, 0.6) is 0 Å². The second-order valence-corrected chi connectivity index (χ2v) is 3.61. The van der Waals surface area contributed by atoms with Gasteiger partial charge >= 0.3 is 0 Å². The highest BCUT2D eigenvalue weighted by Gasteiger charge is 2.06. The maximum Gasteiger partial charge on any atom is 0.0685 e. The SMILES string of the molecule is CCn1nccc1-c1cc(N)ccc1C. The fraction of sp³-hybridized carbons (Fsp3) is 0.250. The molecule has 0 fully saturated rings. The molecule has 3 nitrogen and oxygen atoms in total. The lowest BCUT2D eigenvalue weighted by Gasteiger charge is -2.08. The summed E-state index contributed by atoms with van der Waals surface area (Å²) < 4.78 is 1.97. The van der Waals surface area contributed by atoms with Gasteiger partial charge in [-0.2, -0.15) is 5.10 Å². The van der Waals surface area contributed by atoms with Crippen molar-refractivity contribution in [2.75, 3.05) is 5.73 Å². The average molecular weight is 201 g/mol. The zero-order valence-electron chi connectivity index (χ0n) is 9.07. The summed E-state index contributed by atoms with van der Waals surface area (Å²) in [6.07, 6.45) is 1.82. The van der Waals surface area contributed by atoms with Crippen molar-refractivity contribution in [1.82, 2.24) is 9.78 Å². The molecule has 2 N–H and O–H groups in total. The predicted molar refractivity (Wildman–Crippen MR) is 62.5 cm³/mol. The van der Waals surface area contributed by atoms with Gasteiger partial charge in [-0.1, -0.05) is 6.07 Å². The van der Waals surface area contributed by atoms with Crippen LogP contribution in [-0.4, -0.2) is 9.78 Å². The third-order valence-electron chi connectivity index (χ3n) is 2.55. The van der Waals surface area contributed by atoms with E-state index in [1.165, 1.54) is 5.56 Å². The third-order valence-corrected chi connectivity index (χ3v) is 2.55. The number of anilines is 1. The van der Waals surface area contributed by atoms with Gasteiger partial charge in [0.05, 0.1) is 5.69 Å². The third kappa shape index (κ3) is 1.73. The predicted octanol–water partition coefficient (Wildman–Crippen LogP) is 2.46. The van der Waals surface area contributed by atoms with Crippen LogP contribution in [-0.2, 0) is 6.54 Å². The Balaban J connectivity index is 2.58. The smallest absolute Gasteiger partial charge is 0.0685 e. The standard InChI is InChI=1S/C12H15N3/c1-3-15-12(6-7-14-15)11-8-10(13)5-4-9(11)2/h4-8H,3,13H2,1-2H3. The number of hydrogen-bond donors (Lipinski definition) is 1. The molecule has 1 aromatic carbocycles. The van der Waals surface area contributed by atoms with Gasteiger partial charge in [0.15, 0.2) is 0 Å². The van der Waals surface area contributed by atoms with Crippen molar-refractivity contribution in [1.29, 1.82) is 0 Å². The Kier molecular flexibility index (Phi) is 2.46. The molecule has 0 unspecified atom stereocenters. The normalized spacial score (nSPS) is 10.5. The lowest BCUT2D eigenvalue weighted by molar-refractivity contribution is 0.667. The van der Waals surface area contributed by atoms with Gasteiger partial charge < -0.3 is 5.73 Å². The van der Waals surface area contributed by atoms with Gasteiger partial charge in [0.2, 0.25) is 0 Å². The summed E-state index contributed by atoms with van der Waals surface area (Å²) in [4.78, 5) is 0. The van der Waals surface area contributed by atoms with E-state index >= 15 is 0 Å². The first-order valence-electron chi connectivity index (χ1n) is 5.10. The summed E-state index contributed by atoms with van der Waals surface area (Å²) in [6, 6.07) is 7.98. The number of nitrogens with zero attached hydrogens (tertiary/aromatic N) is 2. The van der Waals surface area contributed by atoms with Crippen LogP contribution in [0.2, 0.25) is 0 Å². The van der Waals surface area contributed by atoms with Gasteiger partial charge in [-0.25, -0.2) is 0 Å². The van der Waals surface area contributed by atoms with Crippen LogP contribution in [0.4, 0.5) is 5.69 Å². The van der Waals surface area contributed by atoms with E-state index in [1.54, 1.807) is 0 Å². The maximum atomic E-state index is 5.80. The van der Waals surface area contributed by atoms with Gasteiger partial charge in [0.1, 0.15) is 0 Å². The molecule has 0 amide bonds. The molecule has 2 aromatic rings. The van der Waals surface area contributed by atoms with Gasteiger partial charge in [0, 0.05) is 24.0 Å². The molecule has 0 aliphatic rings. The van der Waals surface area contributed by atoms with E-state index in [0.717, 1.165) is 23.5 Å². The summed E-state index contributed by atoms with van der Waals surface area (Å²) in [7, 11) is 0. The first-order chi connectivity index (χ1) is 7.22. The van der Waals surface area contributed by atoms with Crippen molar-refractivity contribution in [3.63, 3.8) is 0 Å². The minimum atomic E-state index is 0.791. The van der Waals surface area contributed by atoms with Crippen LogP contribution in [0, 0.1) is 6.92 Å². The molecule has 15 heavy (non-hydrogen) atoms. The van der Waals surface area contributed by atoms with Crippen molar-refractivity contribution >= 4 is 5.69 Å². The Morgan fingerprint density at radius 3 is 2.87 bits per heavy atom. The van der Waals surface area contributed by atoms with Crippen LogP contribution in [0.1, 0.15) is 12.5 Å². The first kappa shape index (κ1) is 9.77. The average Bonchev–Trinajstić information content (AvgIpc) is 2.69. The molecule has 1 heterocycles. The van der Waals surface area contributed by atoms with E-state index in [9.17, 15) is 0 Å². The quantitative estimate of drug-likeness (QED) is 0.758. The molecule has 0 saturated heterocycles. The monoisotopic (exact) mass is 201 g/mol. The Hall–Kier alpha value is -1.77. The van der Waals surface area contributed by atoms with Gasteiger partial charge in [-0.05, 0) is 37.6 Å². The molecule has 0 bridgehead atoms. The first-order valence-corrected chi connectivity index (χ1v) is 5.10. The molecule has 1 aromatic heterocycles. The number of nitrogen functional groups attached to an aromatic ring is 1. The lowest BCUT2D eigenvalue weighted by atomic mass is 10.0. The van der Waals surface area contributed by atoms with Crippen molar-refractivity contribution in [2.24, 2.45) is 0 Å². The molecule has 0 atom stereocenters. The van der Waals surface area contributed by atoms with Crippen LogP contribution >= 0.6 is 0 Å². The summed E-state index contributed by atoms with van der Waals surface area (Å²) >= 11 is 0. The summed E-state index contributed by atoms with van der Waals surface area (Å²) in [5.41, 5.74) is 10.1. The number of nitrogens with two attached hydrogens (primary N) is 1. The summed E-state index contributed by atoms with van der Waals surface area (Å²) in [5, 5.41) is 4.26. The largest absolute Gasteiger partial charge is 0.399 e. The second-order valence-electron chi connectivity index (χ2n) is 3.61. The van der Waals surface area contributed by atoms with E-state index < -0.39 is 0 Å².